The molecule has 1 aliphatic carbocycles. The topological polar surface area (TPSA) is 67.1 Å². The molecule has 1 fully saturated rings. The van der Waals surface area contributed by atoms with Crippen molar-refractivity contribution in [3.05, 3.63) is 0 Å². The Morgan fingerprint density at radius 3 is 2.38 bits per heavy atom. The molecule has 1 saturated carbocycles. The number of carbonyl (C=O) groups excluding carboxylic acids is 1. The molecule has 0 unspecified atom stereocenters. The van der Waals surface area contributed by atoms with E-state index in [4.69, 9.17) is 5.73 Å². The zero-order valence-corrected chi connectivity index (χ0v) is 8.86. The Kier molecular flexibility index (Phi) is 4.01. The lowest BCUT2D eigenvalue weighted by Gasteiger charge is -2.15. The van der Waals surface area contributed by atoms with Crippen molar-refractivity contribution < 1.29 is 18.0 Å². The highest BCUT2D eigenvalue weighted by Crippen LogP contribution is 2.47. The van der Waals surface area contributed by atoms with Crippen LogP contribution >= 0.6 is 0 Å². The number of rotatable bonds is 5. The van der Waals surface area contributed by atoms with Crippen LogP contribution in [0.5, 0.6) is 0 Å². The summed E-state index contributed by atoms with van der Waals surface area (Å²) in [7, 11) is 0. The van der Waals surface area contributed by atoms with Crippen molar-refractivity contribution in [3.63, 3.8) is 0 Å². The van der Waals surface area contributed by atoms with Crippen LogP contribution in [0.25, 0.3) is 0 Å². The van der Waals surface area contributed by atoms with Crippen LogP contribution in [-0.4, -0.2) is 31.8 Å². The molecule has 7 heteroatoms. The highest BCUT2D eigenvalue weighted by atomic mass is 19.4. The third kappa shape index (κ3) is 4.69. The summed E-state index contributed by atoms with van der Waals surface area (Å²) in [5.74, 6) is 0. The van der Waals surface area contributed by atoms with E-state index in [0.717, 1.165) is 19.3 Å². The summed E-state index contributed by atoms with van der Waals surface area (Å²) in [6, 6.07) is -0.777. The van der Waals surface area contributed by atoms with E-state index in [2.05, 4.69) is 5.32 Å². The summed E-state index contributed by atoms with van der Waals surface area (Å²) >= 11 is 0. The Balaban J connectivity index is 2.16. The van der Waals surface area contributed by atoms with Gasteiger partial charge in [0.1, 0.15) is 6.54 Å². The summed E-state index contributed by atoms with van der Waals surface area (Å²) < 4.78 is 35.3. The summed E-state index contributed by atoms with van der Waals surface area (Å²) in [6.07, 6.45) is -1.62. The average Bonchev–Trinajstić information content (AvgIpc) is 2.92. The Hall–Kier alpha value is -0.980. The van der Waals surface area contributed by atoms with E-state index in [9.17, 15) is 18.0 Å². The van der Waals surface area contributed by atoms with E-state index in [-0.39, 0.29) is 5.41 Å². The maximum atomic E-state index is 11.8. The molecule has 0 radical (unpaired) electrons. The maximum absolute atomic E-state index is 11.8. The number of alkyl halides is 3. The average molecular weight is 239 g/mol. The summed E-state index contributed by atoms with van der Waals surface area (Å²) in [5.41, 5.74) is 5.43. The van der Waals surface area contributed by atoms with Crippen LogP contribution in [0, 0.1) is 5.41 Å². The van der Waals surface area contributed by atoms with Gasteiger partial charge in [-0.15, -0.1) is 0 Å². The Bertz CT molecular complexity index is 251. The van der Waals surface area contributed by atoms with Gasteiger partial charge in [0.15, 0.2) is 0 Å². The van der Waals surface area contributed by atoms with Crippen molar-refractivity contribution >= 4 is 6.03 Å². The first-order valence-electron chi connectivity index (χ1n) is 5.15. The van der Waals surface area contributed by atoms with Gasteiger partial charge in [0, 0.05) is 6.54 Å². The monoisotopic (exact) mass is 239 g/mol. The molecule has 0 aromatic rings. The summed E-state index contributed by atoms with van der Waals surface area (Å²) in [6.45, 7) is -0.373. The van der Waals surface area contributed by atoms with E-state index in [1.807, 2.05) is 0 Å². The number of urea groups is 1. The minimum absolute atomic E-state index is 0.0321. The van der Waals surface area contributed by atoms with Gasteiger partial charge in [-0.1, -0.05) is 0 Å². The van der Waals surface area contributed by atoms with Crippen LogP contribution in [0.15, 0.2) is 0 Å². The van der Waals surface area contributed by atoms with Crippen LogP contribution < -0.4 is 16.4 Å². The molecule has 0 aromatic heterocycles. The molecular formula is C9H16F3N3O. The first-order valence-corrected chi connectivity index (χ1v) is 5.15. The molecule has 0 aliphatic heterocycles. The van der Waals surface area contributed by atoms with Gasteiger partial charge in [-0.05, 0) is 31.2 Å². The molecule has 2 amide bonds. The van der Waals surface area contributed by atoms with Crippen LogP contribution in [0.2, 0.25) is 0 Å². The van der Waals surface area contributed by atoms with Crippen molar-refractivity contribution in [3.8, 4) is 0 Å². The van der Waals surface area contributed by atoms with Gasteiger partial charge in [-0.25, -0.2) is 4.79 Å². The van der Waals surface area contributed by atoms with E-state index >= 15 is 0 Å². The highest BCUT2D eigenvalue weighted by molar-refractivity contribution is 5.73. The minimum atomic E-state index is -4.37. The first kappa shape index (κ1) is 13.1. The molecule has 94 valence electrons. The molecule has 16 heavy (non-hydrogen) atoms. The summed E-state index contributed by atoms with van der Waals surface area (Å²) in [5, 5.41) is 4.20. The lowest BCUT2D eigenvalue weighted by atomic mass is 10.0. The minimum Gasteiger partial charge on any atom is -0.338 e. The number of carbonyl (C=O) groups is 1. The Labute approximate surface area is 91.8 Å². The molecule has 0 saturated heterocycles. The van der Waals surface area contributed by atoms with Crippen molar-refractivity contribution in [2.24, 2.45) is 11.1 Å². The normalized spacial score (nSPS) is 18.0. The second-order valence-electron chi connectivity index (χ2n) is 4.19. The number of nitrogens with one attached hydrogen (secondary N) is 2. The Morgan fingerprint density at radius 2 is 1.94 bits per heavy atom. The fraction of sp³-hybridized carbons (Fsp3) is 0.889. The van der Waals surface area contributed by atoms with Crippen LogP contribution in [0.4, 0.5) is 18.0 Å². The van der Waals surface area contributed by atoms with Crippen molar-refractivity contribution in [1.29, 1.82) is 0 Å². The predicted molar refractivity (Wildman–Crippen MR) is 52.8 cm³/mol. The smallest absolute Gasteiger partial charge is 0.338 e. The molecule has 0 heterocycles. The molecule has 0 aromatic carbocycles. The third-order valence-electron chi connectivity index (χ3n) is 2.71. The van der Waals surface area contributed by atoms with Gasteiger partial charge in [0.25, 0.3) is 0 Å². The number of halogens is 3. The van der Waals surface area contributed by atoms with Crippen molar-refractivity contribution in [2.45, 2.75) is 25.4 Å². The highest BCUT2D eigenvalue weighted by Gasteiger charge is 2.41. The first-order chi connectivity index (χ1) is 7.37. The molecule has 4 nitrogen and oxygen atoms in total. The largest absolute Gasteiger partial charge is 0.405 e. The van der Waals surface area contributed by atoms with E-state index in [1.165, 1.54) is 0 Å². The van der Waals surface area contributed by atoms with Crippen LogP contribution in [-0.2, 0) is 0 Å². The van der Waals surface area contributed by atoms with E-state index in [1.54, 1.807) is 5.32 Å². The van der Waals surface area contributed by atoms with Gasteiger partial charge in [0.2, 0.25) is 0 Å². The number of amides is 2. The number of hydrogen-bond acceptors (Lipinski definition) is 2. The van der Waals surface area contributed by atoms with Gasteiger partial charge in [0.05, 0.1) is 0 Å². The quantitative estimate of drug-likeness (QED) is 0.669. The fourth-order valence-corrected chi connectivity index (χ4v) is 1.51. The van der Waals surface area contributed by atoms with Crippen LogP contribution in [0.3, 0.4) is 0 Å². The van der Waals surface area contributed by atoms with E-state index < -0.39 is 18.8 Å². The van der Waals surface area contributed by atoms with E-state index in [0.29, 0.717) is 13.1 Å². The second-order valence-corrected chi connectivity index (χ2v) is 4.19. The lowest BCUT2D eigenvalue weighted by molar-refractivity contribution is -0.122. The molecule has 1 aliphatic rings. The molecule has 0 atom stereocenters. The number of hydrogen-bond donors (Lipinski definition) is 3. The second kappa shape index (κ2) is 4.90. The SMILES string of the molecule is NCCC1(CNC(=O)NCC(F)(F)F)CC1. The van der Waals surface area contributed by atoms with Crippen molar-refractivity contribution in [1.82, 2.24) is 10.6 Å². The molecule has 4 N–H and O–H groups in total. The van der Waals surface area contributed by atoms with Crippen molar-refractivity contribution in [2.75, 3.05) is 19.6 Å². The van der Waals surface area contributed by atoms with Gasteiger partial charge in [-0.3, -0.25) is 0 Å². The fourth-order valence-electron chi connectivity index (χ4n) is 1.51. The zero-order valence-electron chi connectivity index (χ0n) is 8.86. The standard InChI is InChI=1S/C9H16F3N3O/c10-9(11,12)6-15-7(16)14-5-8(1-2-8)3-4-13/h1-6,13H2,(H2,14,15,16). The molecule has 0 spiro atoms. The van der Waals surface area contributed by atoms with Gasteiger partial charge in [-0.2, -0.15) is 13.2 Å². The van der Waals surface area contributed by atoms with Crippen LogP contribution in [0.1, 0.15) is 19.3 Å². The van der Waals surface area contributed by atoms with Gasteiger partial charge < -0.3 is 16.4 Å². The zero-order chi connectivity index (χ0) is 12.2. The maximum Gasteiger partial charge on any atom is 0.405 e. The Morgan fingerprint density at radius 1 is 1.31 bits per heavy atom. The molecule has 0 bridgehead atoms. The number of nitrogens with two attached hydrogens (primary N) is 1. The summed E-state index contributed by atoms with van der Waals surface area (Å²) in [4.78, 5) is 11.0. The molecule has 1 rings (SSSR count). The predicted octanol–water partition coefficient (Wildman–Crippen LogP) is 0.977. The third-order valence-corrected chi connectivity index (χ3v) is 2.71. The van der Waals surface area contributed by atoms with Gasteiger partial charge >= 0.3 is 12.2 Å². The molecular weight excluding hydrogens is 223 g/mol. The lowest BCUT2D eigenvalue weighted by Crippen LogP contribution is -2.43.